The third-order valence-electron chi connectivity index (χ3n) is 2.52. The number of halogens is 1. The van der Waals surface area contributed by atoms with Crippen LogP contribution in [0.2, 0.25) is 5.02 Å². The first-order chi connectivity index (χ1) is 8.63. The second kappa shape index (κ2) is 5.71. The Morgan fingerprint density at radius 2 is 2.06 bits per heavy atom. The van der Waals surface area contributed by atoms with Crippen LogP contribution in [-0.4, -0.2) is 31.2 Å². The molecule has 0 aliphatic carbocycles. The van der Waals surface area contributed by atoms with Crippen molar-refractivity contribution in [3.8, 4) is 11.5 Å². The van der Waals surface area contributed by atoms with Crippen LogP contribution >= 0.6 is 23.4 Å². The molecular weight excluding hydrogens is 272 g/mol. The molecular formula is C12H15ClN2O2S. The lowest BCUT2D eigenvalue weighted by atomic mass is 10.2. The number of hydrogen-bond acceptors (Lipinski definition) is 5. The zero-order valence-corrected chi connectivity index (χ0v) is 12.1. The van der Waals surface area contributed by atoms with Crippen molar-refractivity contribution < 1.29 is 9.47 Å². The number of nitrogens with one attached hydrogen (secondary N) is 1. The molecule has 0 bridgehead atoms. The quantitative estimate of drug-likeness (QED) is 0.926. The van der Waals surface area contributed by atoms with Gasteiger partial charge in [0.05, 0.1) is 31.5 Å². The number of amidine groups is 1. The van der Waals surface area contributed by atoms with Gasteiger partial charge >= 0.3 is 0 Å². The smallest absolute Gasteiger partial charge is 0.161 e. The van der Waals surface area contributed by atoms with E-state index in [1.807, 2.05) is 6.07 Å². The first kappa shape index (κ1) is 13.4. The Hall–Kier alpha value is -1.07. The van der Waals surface area contributed by atoms with Crippen LogP contribution in [0.15, 0.2) is 17.1 Å². The SMILES string of the molecule is COc1cc(NC2=NCC(C)S2)c(OC)cc1Cl. The summed E-state index contributed by atoms with van der Waals surface area (Å²) < 4.78 is 10.5. The number of hydrogen-bond donors (Lipinski definition) is 1. The Bertz CT molecular complexity index is 479. The molecule has 6 heteroatoms. The molecule has 0 radical (unpaired) electrons. The van der Waals surface area contributed by atoms with Crippen molar-refractivity contribution in [3.05, 3.63) is 17.2 Å². The lowest BCUT2D eigenvalue weighted by Crippen LogP contribution is -2.07. The summed E-state index contributed by atoms with van der Waals surface area (Å²) >= 11 is 7.76. The van der Waals surface area contributed by atoms with Crippen LogP contribution in [0.25, 0.3) is 0 Å². The Kier molecular flexibility index (Phi) is 4.24. The number of methoxy groups -OCH3 is 2. The van der Waals surface area contributed by atoms with Gasteiger partial charge in [0.2, 0.25) is 0 Å². The maximum Gasteiger partial charge on any atom is 0.161 e. The number of aliphatic imine (C=N–C) groups is 1. The van der Waals surface area contributed by atoms with Crippen molar-refractivity contribution in [3.63, 3.8) is 0 Å². The highest BCUT2D eigenvalue weighted by molar-refractivity contribution is 8.15. The molecule has 0 amide bonds. The lowest BCUT2D eigenvalue weighted by molar-refractivity contribution is 0.405. The summed E-state index contributed by atoms with van der Waals surface area (Å²) in [5.74, 6) is 1.28. The van der Waals surface area contributed by atoms with E-state index in [1.54, 1.807) is 32.0 Å². The molecule has 1 atom stereocenters. The standard InChI is InChI=1S/C12H15ClN2O2S/c1-7-6-14-12(18-7)15-9-5-10(16-2)8(13)4-11(9)17-3/h4-5,7H,6H2,1-3H3,(H,14,15). The van der Waals surface area contributed by atoms with Gasteiger partial charge in [0.15, 0.2) is 5.17 Å². The van der Waals surface area contributed by atoms with E-state index in [0.717, 1.165) is 17.4 Å². The molecule has 18 heavy (non-hydrogen) atoms. The Morgan fingerprint density at radius 1 is 1.33 bits per heavy atom. The van der Waals surface area contributed by atoms with Gasteiger partial charge in [-0.05, 0) is 0 Å². The molecule has 1 N–H and O–H groups in total. The van der Waals surface area contributed by atoms with E-state index in [9.17, 15) is 0 Å². The van der Waals surface area contributed by atoms with Crippen molar-refractivity contribution in [1.82, 2.24) is 0 Å². The van der Waals surface area contributed by atoms with Gasteiger partial charge in [-0.2, -0.15) is 0 Å². The maximum atomic E-state index is 6.05. The van der Waals surface area contributed by atoms with E-state index in [4.69, 9.17) is 21.1 Å². The van der Waals surface area contributed by atoms with Crippen LogP contribution in [0.4, 0.5) is 5.69 Å². The molecule has 0 fully saturated rings. The number of rotatable bonds is 3. The van der Waals surface area contributed by atoms with Gasteiger partial charge in [0.25, 0.3) is 0 Å². The predicted octanol–water partition coefficient (Wildman–Crippen LogP) is 3.26. The summed E-state index contributed by atoms with van der Waals surface area (Å²) in [5.41, 5.74) is 0.805. The van der Waals surface area contributed by atoms with Crippen LogP contribution in [-0.2, 0) is 0 Å². The van der Waals surface area contributed by atoms with Gasteiger partial charge in [0, 0.05) is 17.4 Å². The van der Waals surface area contributed by atoms with Crippen molar-refractivity contribution in [1.29, 1.82) is 0 Å². The zero-order valence-electron chi connectivity index (χ0n) is 10.5. The molecule has 1 aliphatic heterocycles. The van der Waals surface area contributed by atoms with E-state index in [-0.39, 0.29) is 0 Å². The monoisotopic (exact) mass is 286 g/mol. The number of thioether (sulfide) groups is 1. The van der Waals surface area contributed by atoms with E-state index in [1.165, 1.54) is 0 Å². The fourth-order valence-electron chi connectivity index (χ4n) is 1.62. The Labute approximate surface area is 116 Å². The van der Waals surface area contributed by atoms with E-state index in [2.05, 4.69) is 17.2 Å². The fraction of sp³-hybridized carbons (Fsp3) is 0.417. The number of ether oxygens (including phenoxy) is 2. The van der Waals surface area contributed by atoms with Gasteiger partial charge in [-0.3, -0.25) is 4.99 Å². The van der Waals surface area contributed by atoms with Crippen LogP contribution < -0.4 is 14.8 Å². The lowest BCUT2D eigenvalue weighted by Gasteiger charge is -2.13. The fourth-order valence-corrected chi connectivity index (χ4v) is 2.70. The molecule has 1 unspecified atom stereocenters. The molecule has 0 spiro atoms. The molecule has 98 valence electrons. The van der Waals surface area contributed by atoms with Crippen molar-refractivity contribution in [2.24, 2.45) is 4.99 Å². The van der Waals surface area contributed by atoms with Crippen LogP contribution in [0.5, 0.6) is 11.5 Å². The summed E-state index contributed by atoms with van der Waals surface area (Å²) in [6, 6.07) is 3.54. The van der Waals surface area contributed by atoms with Crippen molar-refractivity contribution in [2.75, 3.05) is 26.1 Å². The van der Waals surface area contributed by atoms with Gasteiger partial charge in [-0.1, -0.05) is 30.3 Å². The minimum atomic E-state index is 0.507. The third kappa shape index (κ3) is 2.84. The van der Waals surface area contributed by atoms with Gasteiger partial charge < -0.3 is 14.8 Å². The predicted molar refractivity (Wildman–Crippen MR) is 77.5 cm³/mol. The molecule has 2 rings (SSSR count). The molecule has 4 nitrogen and oxygen atoms in total. The molecule has 0 saturated heterocycles. The minimum Gasteiger partial charge on any atom is -0.495 e. The molecule has 1 aromatic rings. The van der Waals surface area contributed by atoms with Crippen molar-refractivity contribution >= 4 is 34.2 Å². The second-order valence-electron chi connectivity index (χ2n) is 3.89. The summed E-state index contributed by atoms with van der Waals surface area (Å²) in [7, 11) is 3.19. The topological polar surface area (TPSA) is 42.8 Å². The number of nitrogens with zero attached hydrogens (tertiary/aromatic N) is 1. The maximum absolute atomic E-state index is 6.05. The largest absolute Gasteiger partial charge is 0.495 e. The third-order valence-corrected chi connectivity index (χ3v) is 3.82. The summed E-state index contributed by atoms with van der Waals surface area (Å²) in [5, 5.41) is 5.17. The first-order valence-electron chi connectivity index (χ1n) is 5.53. The molecule has 0 aromatic heterocycles. The van der Waals surface area contributed by atoms with Gasteiger partial charge in [-0.25, -0.2) is 0 Å². The average molecular weight is 287 g/mol. The molecule has 1 aromatic carbocycles. The highest BCUT2D eigenvalue weighted by Crippen LogP contribution is 2.36. The summed E-state index contributed by atoms with van der Waals surface area (Å²) in [4.78, 5) is 4.40. The highest BCUT2D eigenvalue weighted by Gasteiger charge is 2.17. The number of benzene rings is 1. The van der Waals surface area contributed by atoms with Gasteiger partial charge in [0.1, 0.15) is 11.5 Å². The van der Waals surface area contributed by atoms with Crippen molar-refractivity contribution in [2.45, 2.75) is 12.2 Å². The normalized spacial score (nSPS) is 18.4. The Morgan fingerprint density at radius 3 is 2.61 bits per heavy atom. The Balaban J connectivity index is 2.25. The second-order valence-corrected chi connectivity index (χ2v) is 5.72. The van der Waals surface area contributed by atoms with Gasteiger partial charge in [-0.15, -0.1) is 0 Å². The van der Waals surface area contributed by atoms with E-state index in [0.29, 0.717) is 21.8 Å². The van der Waals surface area contributed by atoms with E-state index < -0.39 is 0 Å². The number of anilines is 1. The van der Waals surface area contributed by atoms with Crippen LogP contribution in [0.3, 0.4) is 0 Å². The average Bonchev–Trinajstić information content (AvgIpc) is 2.76. The van der Waals surface area contributed by atoms with Crippen LogP contribution in [0.1, 0.15) is 6.92 Å². The molecule has 1 heterocycles. The first-order valence-corrected chi connectivity index (χ1v) is 6.79. The summed E-state index contributed by atoms with van der Waals surface area (Å²) in [6.07, 6.45) is 0. The zero-order chi connectivity index (χ0) is 13.1. The molecule has 1 aliphatic rings. The minimum absolute atomic E-state index is 0.507. The van der Waals surface area contributed by atoms with E-state index >= 15 is 0 Å². The van der Waals surface area contributed by atoms with Crippen LogP contribution in [0, 0.1) is 0 Å². The molecule has 0 saturated carbocycles. The highest BCUT2D eigenvalue weighted by atomic mass is 35.5. The summed E-state index contributed by atoms with van der Waals surface area (Å²) in [6.45, 7) is 2.97.